The highest BCUT2D eigenvalue weighted by Crippen LogP contribution is 2.18. The number of esters is 1. The van der Waals surface area contributed by atoms with E-state index in [1.165, 1.54) is 21.3 Å². The van der Waals surface area contributed by atoms with E-state index >= 15 is 0 Å². The summed E-state index contributed by atoms with van der Waals surface area (Å²) in [7, 11) is 4.04. The van der Waals surface area contributed by atoms with Gasteiger partial charge in [0.05, 0.1) is 12.7 Å². The number of nitrogens with two attached hydrogens (primary N) is 1. The molecule has 0 aliphatic rings. The van der Waals surface area contributed by atoms with Crippen molar-refractivity contribution in [1.29, 1.82) is 0 Å². The van der Waals surface area contributed by atoms with E-state index in [0.717, 1.165) is 6.08 Å². The predicted molar refractivity (Wildman–Crippen MR) is 52.7 cm³/mol. The summed E-state index contributed by atoms with van der Waals surface area (Å²) < 4.78 is 19.5. The van der Waals surface area contributed by atoms with Gasteiger partial charge >= 0.3 is 11.9 Å². The van der Waals surface area contributed by atoms with Gasteiger partial charge in [0.1, 0.15) is 5.70 Å². The Balaban J connectivity index is 4.76. The first kappa shape index (κ1) is 13.9. The third-order valence-corrected chi connectivity index (χ3v) is 1.72. The summed E-state index contributed by atoms with van der Waals surface area (Å²) in [5, 5.41) is 0. The molecule has 0 aliphatic heterocycles. The molecular formula is C9H17NO5. The standard InChI is InChI=1S/C9H17NO5/c1-5-15-8(11)6-7(10)9(12-2,13-3)14-4/h6H,5,10H2,1-4H3/b7-6-. The minimum Gasteiger partial charge on any atom is -0.463 e. The molecular weight excluding hydrogens is 202 g/mol. The summed E-state index contributed by atoms with van der Waals surface area (Å²) in [6.45, 7) is 1.96. The van der Waals surface area contributed by atoms with Crippen LogP contribution >= 0.6 is 0 Å². The van der Waals surface area contributed by atoms with Gasteiger partial charge in [0.25, 0.3) is 0 Å². The van der Waals surface area contributed by atoms with Crippen molar-refractivity contribution in [2.24, 2.45) is 5.73 Å². The average Bonchev–Trinajstić information content (AvgIpc) is 2.21. The number of hydrogen-bond acceptors (Lipinski definition) is 6. The van der Waals surface area contributed by atoms with Crippen LogP contribution in [0.2, 0.25) is 0 Å². The molecule has 0 fully saturated rings. The highest BCUT2D eigenvalue weighted by Gasteiger charge is 2.34. The molecule has 0 aliphatic carbocycles. The molecule has 0 radical (unpaired) electrons. The SMILES string of the molecule is CCOC(=O)/C=C(\N)C(OC)(OC)OC. The first-order chi connectivity index (χ1) is 7.06. The number of carbonyl (C=O) groups excluding carboxylic acids is 1. The third-order valence-electron chi connectivity index (χ3n) is 1.72. The van der Waals surface area contributed by atoms with Crippen molar-refractivity contribution >= 4 is 5.97 Å². The third kappa shape index (κ3) is 3.50. The van der Waals surface area contributed by atoms with Crippen LogP contribution in [-0.2, 0) is 23.7 Å². The van der Waals surface area contributed by atoms with Crippen molar-refractivity contribution in [3.05, 3.63) is 11.8 Å². The molecule has 0 saturated carbocycles. The fourth-order valence-electron chi connectivity index (χ4n) is 1.00. The molecule has 0 rings (SSSR count). The molecule has 2 N–H and O–H groups in total. The monoisotopic (exact) mass is 219 g/mol. The van der Waals surface area contributed by atoms with Gasteiger partial charge < -0.3 is 24.7 Å². The fourth-order valence-corrected chi connectivity index (χ4v) is 1.00. The molecule has 0 aromatic carbocycles. The summed E-state index contributed by atoms with van der Waals surface area (Å²) in [5.74, 6) is -2.13. The van der Waals surface area contributed by atoms with Gasteiger partial charge in [0.2, 0.25) is 0 Å². The minimum atomic E-state index is -1.55. The molecule has 0 saturated heterocycles. The first-order valence-corrected chi connectivity index (χ1v) is 4.36. The number of carbonyl (C=O) groups is 1. The zero-order valence-electron chi connectivity index (χ0n) is 9.40. The molecule has 6 nitrogen and oxygen atoms in total. The van der Waals surface area contributed by atoms with Crippen LogP contribution in [0.1, 0.15) is 6.92 Å². The number of rotatable bonds is 6. The molecule has 0 amide bonds. The summed E-state index contributed by atoms with van der Waals surface area (Å²) in [5.41, 5.74) is 5.58. The van der Waals surface area contributed by atoms with Gasteiger partial charge in [-0.2, -0.15) is 0 Å². The molecule has 0 bridgehead atoms. The lowest BCUT2D eigenvalue weighted by atomic mass is 10.3. The Morgan fingerprint density at radius 2 is 1.73 bits per heavy atom. The number of methoxy groups -OCH3 is 3. The van der Waals surface area contributed by atoms with Crippen LogP contribution in [0.3, 0.4) is 0 Å². The van der Waals surface area contributed by atoms with Crippen LogP contribution in [0.15, 0.2) is 11.8 Å². The minimum absolute atomic E-state index is 0.0200. The van der Waals surface area contributed by atoms with Gasteiger partial charge in [-0.25, -0.2) is 4.79 Å². The molecule has 6 heteroatoms. The van der Waals surface area contributed by atoms with Crippen LogP contribution in [0.4, 0.5) is 0 Å². The van der Waals surface area contributed by atoms with Gasteiger partial charge in [-0.15, -0.1) is 0 Å². The molecule has 0 spiro atoms. The Labute approximate surface area is 88.9 Å². The molecule has 0 aromatic rings. The summed E-state index contributed by atoms with van der Waals surface area (Å²) >= 11 is 0. The zero-order chi connectivity index (χ0) is 11.9. The second-order valence-electron chi connectivity index (χ2n) is 2.52. The maximum absolute atomic E-state index is 11.1. The van der Waals surface area contributed by atoms with Crippen molar-refractivity contribution in [3.63, 3.8) is 0 Å². The summed E-state index contributed by atoms with van der Waals surface area (Å²) in [6.07, 6.45) is 1.06. The first-order valence-electron chi connectivity index (χ1n) is 4.36. The molecule has 0 heterocycles. The average molecular weight is 219 g/mol. The van der Waals surface area contributed by atoms with Crippen molar-refractivity contribution in [2.45, 2.75) is 12.9 Å². The van der Waals surface area contributed by atoms with Gasteiger partial charge in [-0.05, 0) is 6.92 Å². The van der Waals surface area contributed by atoms with Crippen LogP contribution in [0.5, 0.6) is 0 Å². The van der Waals surface area contributed by atoms with Crippen LogP contribution in [0.25, 0.3) is 0 Å². The van der Waals surface area contributed by atoms with E-state index in [9.17, 15) is 4.79 Å². The Bertz CT molecular complexity index is 226. The molecule has 0 unspecified atom stereocenters. The lowest BCUT2D eigenvalue weighted by Crippen LogP contribution is -2.42. The highest BCUT2D eigenvalue weighted by molar-refractivity contribution is 5.82. The van der Waals surface area contributed by atoms with E-state index in [1.807, 2.05) is 0 Å². The van der Waals surface area contributed by atoms with E-state index in [2.05, 4.69) is 4.74 Å². The van der Waals surface area contributed by atoms with Crippen molar-refractivity contribution in [2.75, 3.05) is 27.9 Å². The van der Waals surface area contributed by atoms with E-state index in [0.29, 0.717) is 0 Å². The Kier molecular flexibility index (Phi) is 5.92. The maximum atomic E-state index is 11.1. The summed E-state index contributed by atoms with van der Waals surface area (Å²) in [6, 6.07) is 0. The maximum Gasteiger partial charge on any atom is 0.332 e. The molecule has 0 aromatic heterocycles. The van der Waals surface area contributed by atoms with Gasteiger partial charge in [0, 0.05) is 21.3 Å². The molecule has 88 valence electrons. The Morgan fingerprint density at radius 3 is 2.07 bits per heavy atom. The van der Waals surface area contributed by atoms with Crippen LogP contribution in [-0.4, -0.2) is 39.9 Å². The van der Waals surface area contributed by atoms with Gasteiger partial charge in [-0.3, -0.25) is 0 Å². The van der Waals surface area contributed by atoms with Gasteiger partial charge in [-0.1, -0.05) is 0 Å². The van der Waals surface area contributed by atoms with Crippen molar-refractivity contribution in [1.82, 2.24) is 0 Å². The lowest BCUT2D eigenvalue weighted by molar-refractivity contribution is -0.327. The van der Waals surface area contributed by atoms with E-state index in [1.54, 1.807) is 6.92 Å². The topological polar surface area (TPSA) is 80.0 Å². The Morgan fingerprint density at radius 1 is 1.27 bits per heavy atom. The number of ether oxygens (including phenoxy) is 4. The van der Waals surface area contributed by atoms with Gasteiger partial charge in [0.15, 0.2) is 0 Å². The molecule has 15 heavy (non-hydrogen) atoms. The van der Waals surface area contributed by atoms with Crippen LogP contribution < -0.4 is 5.73 Å². The smallest absolute Gasteiger partial charge is 0.332 e. The van der Waals surface area contributed by atoms with Crippen molar-refractivity contribution in [3.8, 4) is 0 Å². The summed E-state index contributed by atoms with van der Waals surface area (Å²) in [4.78, 5) is 11.1. The highest BCUT2D eigenvalue weighted by atomic mass is 16.9. The normalized spacial score (nSPS) is 12.7. The Hall–Kier alpha value is -1.11. The zero-order valence-corrected chi connectivity index (χ0v) is 9.40. The van der Waals surface area contributed by atoms with Crippen molar-refractivity contribution < 1.29 is 23.7 Å². The number of hydrogen-bond donors (Lipinski definition) is 1. The second kappa shape index (κ2) is 6.39. The van der Waals surface area contributed by atoms with E-state index in [-0.39, 0.29) is 12.3 Å². The van der Waals surface area contributed by atoms with E-state index < -0.39 is 11.9 Å². The lowest BCUT2D eigenvalue weighted by Gasteiger charge is -2.28. The van der Waals surface area contributed by atoms with Crippen LogP contribution in [0, 0.1) is 0 Å². The fraction of sp³-hybridized carbons (Fsp3) is 0.667. The largest absolute Gasteiger partial charge is 0.463 e. The predicted octanol–water partition coefficient (Wildman–Crippen LogP) is -0.0149. The second-order valence-corrected chi connectivity index (χ2v) is 2.52. The van der Waals surface area contributed by atoms with E-state index in [4.69, 9.17) is 19.9 Å². The molecule has 0 atom stereocenters. The quantitative estimate of drug-likeness (QED) is 0.384.